The molecule has 0 N–H and O–H groups in total. The highest BCUT2D eigenvalue weighted by Crippen LogP contribution is 2.36. The Kier molecular flexibility index (Phi) is 6.92. The van der Waals surface area contributed by atoms with Crippen molar-refractivity contribution in [2.24, 2.45) is 5.16 Å². The quantitative estimate of drug-likeness (QED) is 0.402. The maximum Gasteiger partial charge on any atom is 0.433 e. The maximum absolute atomic E-state index is 13.6. The van der Waals surface area contributed by atoms with Gasteiger partial charge in [0.05, 0.1) is 5.71 Å². The summed E-state index contributed by atoms with van der Waals surface area (Å²) in [4.78, 5) is 26.2. The minimum Gasteiger partial charge on any atom is -0.388 e. The van der Waals surface area contributed by atoms with Crippen LogP contribution in [0.1, 0.15) is 55.3 Å². The fourth-order valence-electron chi connectivity index (χ4n) is 5.12. The molecule has 3 aliphatic heterocycles. The van der Waals surface area contributed by atoms with E-state index in [4.69, 9.17) is 4.84 Å². The molecule has 10 heteroatoms. The minimum absolute atomic E-state index is 0.219. The van der Waals surface area contributed by atoms with Gasteiger partial charge in [-0.15, -0.1) is 0 Å². The summed E-state index contributed by atoms with van der Waals surface area (Å²) < 4.78 is 53.5. The first kappa shape index (κ1) is 25.2. The SMILES string of the molecule is O=C(C=Cc1ccc(C(F)(F)F)nc1N1CCCCC1)N1CCC2(CC1)CC(c1cccc(F)c1)=NO2. The molecule has 2 saturated heterocycles. The molecule has 5 rings (SSSR count). The summed E-state index contributed by atoms with van der Waals surface area (Å²) in [5.41, 5.74) is 0.423. The summed E-state index contributed by atoms with van der Waals surface area (Å²) in [5, 5.41) is 4.19. The van der Waals surface area contributed by atoms with Crippen LogP contribution in [-0.2, 0) is 15.8 Å². The Morgan fingerprint density at radius 2 is 1.78 bits per heavy atom. The highest BCUT2D eigenvalue weighted by molar-refractivity contribution is 6.01. The average molecular weight is 517 g/mol. The number of oxime groups is 1. The molecular formula is C27H28F4N4O2. The van der Waals surface area contributed by atoms with Crippen LogP contribution in [0.4, 0.5) is 23.4 Å². The van der Waals surface area contributed by atoms with E-state index in [9.17, 15) is 22.4 Å². The summed E-state index contributed by atoms with van der Waals surface area (Å²) in [6.45, 7) is 2.19. The highest BCUT2D eigenvalue weighted by atomic mass is 19.4. The molecule has 2 aromatic rings. The number of anilines is 1. The number of halogens is 4. The van der Waals surface area contributed by atoms with Crippen molar-refractivity contribution >= 4 is 23.5 Å². The van der Waals surface area contributed by atoms with Gasteiger partial charge < -0.3 is 14.6 Å². The standard InChI is InChI=1S/C27H28F4N4O2/c28-21-6-4-5-20(17-21)22-18-26(37-33-22)11-15-34(16-12-26)24(36)10-8-19-7-9-23(27(29,30)31)32-25(19)35-13-2-1-3-14-35/h4-10,17H,1-3,11-16,18H2. The number of alkyl halides is 3. The van der Waals surface area contributed by atoms with E-state index in [0.29, 0.717) is 62.3 Å². The second kappa shape index (κ2) is 10.1. The first-order chi connectivity index (χ1) is 17.7. The predicted molar refractivity (Wildman–Crippen MR) is 132 cm³/mol. The van der Waals surface area contributed by atoms with Crippen molar-refractivity contribution in [3.8, 4) is 0 Å². The van der Waals surface area contributed by atoms with Crippen LogP contribution in [0.15, 0.2) is 47.6 Å². The van der Waals surface area contributed by atoms with Crippen LogP contribution in [-0.4, -0.2) is 53.3 Å². The Morgan fingerprint density at radius 3 is 2.49 bits per heavy atom. The molecule has 6 nitrogen and oxygen atoms in total. The molecule has 0 unspecified atom stereocenters. The lowest BCUT2D eigenvalue weighted by Gasteiger charge is -2.36. The van der Waals surface area contributed by atoms with Crippen molar-refractivity contribution < 1.29 is 27.2 Å². The van der Waals surface area contributed by atoms with Gasteiger partial charge in [-0.1, -0.05) is 17.3 Å². The van der Waals surface area contributed by atoms with Gasteiger partial charge in [0.15, 0.2) is 0 Å². The van der Waals surface area contributed by atoms with E-state index in [-0.39, 0.29) is 17.5 Å². The molecule has 0 bridgehead atoms. The third-order valence-electron chi connectivity index (χ3n) is 7.24. The van der Waals surface area contributed by atoms with Gasteiger partial charge in [0, 0.05) is 62.6 Å². The zero-order valence-corrected chi connectivity index (χ0v) is 20.3. The molecule has 0 radical (unpaired) electrons. The number of pyridine rings is 1. The van der Waals surface area contributed by atoms with Crippen LogP contribution in [0, 0.1) is 5.82 Å². The minimum atomic E-state index is -4.53. The number of hydrogen-bond donors (Lipinski definition) is 0. The van der Waals surface area contributed by atoms with E-state index in [1.165, 1.54) is 24.3 Å². The van der Waals surface area contributed by atoms with Gasteiger partial charge in [-0.25, -0.2) is 9.37 Å². The zero-order chi connectivity index (χ0) is 26.0. The molecule has 3 aliphatic rings. The van der Waals surface area contributed by atoms with Gasteiger partial charge in [-0.2, -0.15) is 13.2 Å². The summed E-state index contributed by atoms with van der Waals surface area (Å²) in [5.74, 6) is -0.291. The lowest BCUT2D eigenvalue weighted by atomic mass is 9.85. The Labute approximate surface area is 212 Å². The first-order valence-electron chi connectivity index (χ1n) is 12.5. The van der Waals surface area contributed by atoms with Crippen molar-refractivity contribution in [3.63, 3.8) is 0 Å². The summed E-state index contributed by atoms with van der Waals surface area (Å²) in [6, 6.07) is 8.57. The number of hydrogen-bond acceptors (Lipinski definition) is 5. The molecule has 1 aromatic carbocycles. The Balaban J connectivity index is 1.24. The highest BCUT2D eigenvalue weighted by Gasteiger charge is 2.43. The second-order valence-corrected chi connectivity index (χ2v) is 9.81. The van der Waals surface area contributed by atoms with Crippen molar-refractivity contribution in [2.45, 2.75) is 50.3 Å². The van der Waals surface area contributed by atoms with Gasteiger partial charge in [0.2, 0.25) is 5.91 Å². The Morgan fingerprint density at radius 1 is 1.03 bits per heavy atom. The van der Waals surface area contributed by atoms with Crippen LogP contribution >= 0.6 is 0 Å². The number of benzene rings is 1. The number of nitrogens with zero attached hydrogens (tertiary/aromatic N) is 4. The van der Waals surface area contributed by atoms with Gasteiger partial charge in [0.25, 0.3) is 0 Å². The Bertz CT molecular complexity index is 1210. The lowest BCUT2D eigenvalue weighted by molar-refractivity contribution is -0.141. The van der Waals surface area contributed by atoms with Crippen LogP contribution in [0.25, 0.3) is 6.08 Å². The normalized spacial score (nSPS) is 19.8. The summed E-state index contributed by atoms with van der Waals surface area (Å²) >= 11 is 0. The molecule has 4 heterocycles. The van der Waals surface area contributed by atoms with Crippen molar-refractivity contribution in [2.75, 3.05) is 31.1 Å². The topological polar surface area (TPSA) is 58.0 Å². The molecule has 0 atom stereocenters. The number of aromatic nitrogens is 1. The third-order valence-corrected chi connectivity index (χ3v) is 7.24. The second-order valence-electron chi connectivity index (χ2n) is 9.81. The van der Waals surface area contributed by atoms with E-state index < -0.39 is 17.5 Å². The molecule has 37 heavy (non-hydrogen) atoms. The molecule has 2 fully saturated rings. The lowest BCUT2D eigenvalue weighted by Crippen LogP contribution is -2.46. The predicted octanol–water partition coefficient (Wildman–Crippen LogP) is 5.43. The number of amides is 1. The summed E-state index contributed by atoms with van der Waals surface area (Å²) in [6.07, 6.45) is 2.95. The molecule has 1 spiro atoms. The van der Waals surface area contributed by atoms with E-state index >= 15 is 0 Å². The van der Waals surface area contributed by atoms with Crippen LogP contribution in [0.3, 0.4) is 0 Å². The van der Waals surface area contributed by atoms with E-state index in [1.807, 2.05) is 4.90 Å². The number of likely N-dealkylation sites (tertiary alicyclic amines) is 1. The van der Waals surface area contributed by atoms with Crippen LogP contribution in [0.5, 0.6) is 0 Å². The fraction of sp³-hybridized carbons (Fsp3) is 0.444. The van der Waals surface area contributed by atoms with Crippen molar-refractivity contribution in [1.82, 2.24) is 9.88 Å². The Hall–Kier alpha value is -3.43. The molecular weight excluding hydrogens is 488 g/mol. The van der Waals surface area contributed by atoms with Gasteiger partial charge in [0.1, 0.15) is 22.9 Å². The van der Waals surface area contributed by atoms with Crippen LogP contribution < -0.4 is 4.90 Å². The maximum atomic E-state index is 13.6. The number of carbonyl (C=O) groups excluding carboxylic acids is 1. The monoisotopic (exact) mass is 516 g/mol. The summed E-state index contributed by atoms with van der Waals surface area (Å²) in [7, 11) is 0. The van der Waals surface area contributed by atoms with Gasteiger partial charge >= 0.3 is 6.18 Å². The smallest absolute Gasteiger partial charge is 0.388 e. The zero-order valence-electron chi connectivity index (χ0n) is 20.3. The van der Waals surface area contributed by atoms with E-state index in [0.717, 1.165) is 25.3 Å². The molecule has 1 aromatic heterocycles. The van der Waals surface area contributed by atoms with Gasteiger partial charge in [-0.3, -0.25) is 4.79 Å². The van der Waals surface area contributed by atoms with Crippen molar-refractivity contribution in [3.05, 3.63) is 65.1 Å². The average Bonchev–Trinajstić information content (AvgIpc) is 3.31. The fourth-order valence-corrected chi connectivity index (χ4v) is 5.12. The molecule has 196 valence electrons. The third kappa shape index (κ3) is 5.62. The largest absolute Gasteiger partial charge is 0.433 e. The van der Waals surface area contributed by atoms with Crippen LogP contribution in [0.2, 0.25) is 0 Å². The number of carbonyl (C=O) groups is 1. The van der Waals surface area contributed by atoms with E-state index in [2.05, 4.69) is 10.1 Å². The molecule has 0 saturated carbocycles. The van der Waals surface area contributed by atoms with E-state index in [1.54, 1.807) is 23.1 Å². The van der Waals surface area contributed by atoms with Gasteiger partial charge in [-0.05, 0) is 49.6 Å². The first-order valence-corrected chi connectivity index (χ1v) is 12.5. The van der Waals surface area contributed by atoms with Crippen molar-refractivity contribution in [1.29, 1.82) is 0 Å². The number of rotatable bonds is 4. The molecule has 0 aliphatic carbocycles. The molecule has 1 amide bonds. The number of piperidine rings is 2.